The molecular formula is C13H17ClN4. The molecule has 4 nitrogen and oxygen atoms in total. The van der Waals surface area contributed by atoms with E-state index in [0.29, 0.717) is 5.02 Å². The number of nitrogens with one attached hydrogen (secondary N) is 1. The lowest BCUT2D eigenvalue weighted by molar-refractivity contribution is 0.484. The Morgan fingerprint density at radius 3 is 2.50 bits per heavy atom. The van der Waals surface area contributed by atoms with Crippen molar-refractivity contribution in [1.82, 2.24) is 20.1 Å². The van der Waals surface area contributed by atoms with E-state index in [-0.39, 0.29) is 12.1 Å². The van der Waals surface area contributed by atoms with Gasteiger partial charge in [-0.1, -0.05) is 11.6 Å². The first-order valence-corrected chi connectivity index (χ1v) is 6.33. The normalized spacial score (nSPS) is 12.9. The minimum absolute atomic E-state index is 0.0189. The van der Waals surface area contributed by atoms with E-state index >= 15 is 0 Å². The number of pyridine rings is 1. The molecule has 0 fully saturated rings. The molecule has 0 aliphatic rings. The van der Waals surface area contributed by atoms with E-state index in [1.54, 1.807) is 18.6 Å². The first kappa shape index (κ1) is 13.1. The van der Waals surface area contributed by atoms with Gasteiger partial charge in [-0.2, -0.15) is 5.10 Å². The highest BCUT2D eigenvalue weighted by Gasteiger charge is 2.21. The summed E-state index contributed by atoms with van der Waals surface area (Å²) in [6.07, 6.45) is 5.26. The number of nitrogens with zero attached hydrogens (tertiary/aromatic N) is 3. The summed E-state index contributed by atoms with van der Waals surface area (Å²) in [5.41, 5.74) is 2.11. The maximum atomic E-state index is 6.27. The molecule has 2 rings (SSSR count). The van der Waals surface area contributed by atoms with Crippen LogP contribution in [0, 0.1) is 0 Å². The van der Waals surface area contributed by atoms with Crippen LogP contribution in [0.25, 0.3) is 0 Å². The van der Waals surface area contributed by atoms with Crippen molar-refractivity contribution in [3.8, 4) is 0 Å². The van der Waals surface area contributed by atoms with Crippen molar-refractivity contribution >= 4 is 11.6 Å². The van der Waals surface area contributed by atoms with Crippen LogP contribution in [0.5, 0.6) is 0 Å². The predicted octanol–water partition coefficient (Wildman–Crippen LogP) is 2.82. The zero-order chi connectivity index (χ0) is 13.1. The second kappa shape index (κ2) is 5.50. The number of hydrogen-bond acceptors (Lipinski definition) is 3. The first-order chi connectivity index (χ1) is 8.65. The maximum absolute atomic E-state index is 6.27. The zero-order valence-electron chi connectivity index (χ0n) is 10.8. The summed E-state index contributed by atoms with van der Waals surface area (Å²) in [6.45, 7) is 4.18. The van der Waals surface area contributed by atoms with E-state index in [4.69, 9.17) is 11.6 Å². The van der Waals surface area contributed by atoms with Crippen molar-refractivity contribution in [3.63, 3.8) is 0 Å². The average Bonchev–Trinajstić information content (AvgIpc) is 2.74. The molecule has 96 valence electrons. The molecule has 1 atom stereocenters. The van der Waals surface area contributed by atoms with Crippen LogP contribution in [0.15, 0.2) is 30.7 Å². The van der Waals surface area contributed by atoms with E-state index in [2.05, 4.69) is 29.2 Å². The van der Waals surface area contributed by atoms with Crippen molar-refractivity contribution < 1.29 is 0 Å². The fraction of sp³-hybridized carbons (Fsp3) is 0.385. The van der Waals surface area contributed by atoms with E-state index < -0.39 is 0 Å². The number of rotatable bonds is 4. The van der Waals surface area contributed by atoms with Gasteiger partial charge < -0.3 is 5.32 Å². The van der Waals surface area contributed by atoms with Crippen LogP contribution in [0.1, 0.15) is 37.2 Å². The quantitative estimate of drug-likeness (QED) is 0.923. The molecule has 0 saturated carbocycles. The molecule has 0 aromatic carbocycles. The van der Waals surface area contributed by atoms with Gasteiger partial charge in [0.1, 0.15) is 0 Å². The van der Waals surface area contributed by atoms with Gasteiger partial charge in [0.2, 0.25) is 0 Å². The summed E-state index contributed by atoms with van der Waals surface area (Å²) in [7, 11) is 1.92. The van der Waals surface area contributed by atoms with E-state index in [0.717, 1.165) is 11.3 Å². The van der Waals surface area contributed by atoms with Gasteiger partial charge in [0.15, 0.2) is 0 Å². The Morgan fingerprint density at radius 1 is 1.28 bits per heavy atom. The third-order valence-electron chi connectivity index (χ3n) is 2.88. The van der Waals surface area contributed by atoms with Gasteiger partial charge in [0.05, 0.1) is 23.0 Å². The molecule has 0 aliphatic heterocycles. The molecule has 0 radical (unpaired) electrons. The highest BCUT2D eigenvalue weighted by molar-refractivity contribution is 6.31. The second-order valence-electron chi connectivity index (χ2n) is 4.42. The third kappa shape index (κ3) is 2.40. The summed E-state index contributed by atoms with van der Waals surface area (Å²) >= 11 is 6.27. The van der Waals surface area contributed by atoms with Crippen molar-refractivity contribution in [2.24, 2.45) is 0 Å². The largest absolute Gasteiger partial charge is 0.308 e. The van der Waals surface area contributed by atoms with Crippen LogP contribution >= 0.6 is 11.6 Å². The molecule has 0 bridgehead atoms. The minimum Gasteiger partial charge on any atom is -0.308 e. The highest BCUT2D eigenvalue weighted by Crippen LogP contribution is 2.29. The SMILES string of the molecule is CNC(c1ccncc1)c1c(Cl)cnn1C(C)C. The average molecular weight is 265 g/mol. The first-order valence-electron chi connectivity index (χ1n) is 5.95. The summed E-state index contributed by atoms with van der Waals surface area (Å²) in [6, 6.07) is 4.25. The molecule has 0 aliphatic carbocycles. The highest BCUT2D eigenvalue weighted by atomic mass is 35.5. The van der Waals surface area contributed by atoms with Crippen molar-refractivity contribution in [2.75, 3.05) is 7.05 Å². The van der Waals surface area contributed by atoms with Gasteiger partial charge in [-0.25, -0.2) is 0 Å². The Balaban J connectivity index is 2.48. The predicted molar refractivity (Wildman–Crippen MR) is 72.8 cm³/mol. The Kier molecular flexibility index (Phi) is 3.99. The second-order valence-corrected chi connectivity index (χ2v) is 4.83. The molecule has 5 heteroatoms. The number of halogens is 1. The van der Waals surface area contributed by atoms with Gasteiger partial charge in [0.25, 0.3) is 0 Å². The summed E-state index contributed by atoms with van der Waals surface area (Å²) < 4.78 is 1.95. The van der Waals surface area contributed by atoms with E-state index in [1.165, 1.54) is 0 Å². The lowest BCUT2D eigenvalue weighted by Gasteiger charge is -2.20. The van der Waals surface area contributed by atoms with Gasteiger partial charge in [-0.15, -0.1) is 0 Å². The number of hydrogen-bond donors (Lipinski definition) is 1. The monoisotopic (exact) mass is 264 g/mol. The molecule has 18 heavy (non-hydrogen) atoms. The van der Waals surface area contributed by atoms with Crippen LogP contribution in [-0.4, -0.2) is 21.8 Å². The van der Waals surface area contributed by atoms with Crippen LogP contribution in [0.4, 0.5) is 0 Å². The number of aromatic nitrogens is 3. The molecule has 2 aromatic heterocycles. The van der Waals surface area contributed by atoms with Gasteiger partial charge in [-0.05, 0) is 38.6 Å². The zero-order valence-corrected chi connectivity index (χ0v) is 11.5. The van der Waals surface area contributed by atoms with Crippen LogP contribution in [-0.2, 0) is 0 Å². The van der Waals surface area contributed by atoms with Crippen LogP contribution in [0.3, 0.4) is 0 Å². The molecule has 0 amide bonds. The van der Waals surface area contributed by atoms with Gasteiger partial charge in [0, 0.05) is 18.4 Å². The van der Waals surface area contributed by atoms with Gasteiger partial charge >= 0.3 is 0 Å². The summed E-state index contributed by atoms with van der Waals surface area (Å²) in [5, 5.41) is 8.30. The molecule has 2 aromatic rings. The topological polar surface area (TPSA) is 42.7 Å². The Bertz CT molecular complexity index is 507. The lowest BCUT2D eigenvalue weighted by Crippen LogP contribution is -2.22. The molecule has 1 unspecified atom stereocenters. The van der Waals surface area contributed by atoms with Crippen molar-refractivity contribution in [1.29, 1.82) is 0 Å². The van der Waals surface area contributed by atoms with Gasteiger partial charge in [-0.3, -0.25) is 9.67 Å². The van der Waals surface area contributed by atoms with E-state index in [9.17, 15) is 0 Å². The molecular weight excluding hydrogens is 248 g/mol. The Hall–Kier alpha value is -1.39. The third-order valence-corrected chi connectivity index (χ3v) is 3.17. The Labute approximate surface area is 112 Å². The smallest absolute Gasteiger partial charge is 0.0837 e. The van der Waals surface area contributed by atoms with Crippen LogP contribution < -0.4 is 5.32 Å². The minimum atomic E-state index is 0.0189. The van der Waals surface area contributed by atoms with Crippen molar-refractivity contribution in [2.45, 2.75) is 25.9 Å². The fourth-order valence-electron chi connectivity index (χ4n) is 2.05. The summed E-state index contributed by atoms with van der Waals surface area (Å²) in [4.78, 5) is 4.04. The molecule has 0 spiro atoms. The molecule has 2 heterocycles. The van der Waals surface area contributed by atoms with Crippen LogP contribution in [0.2, 0.25) is 5.02 Å². The Morgan fingerprint density at radius 2 is 1.94 bits per heavy atom. The fourth-order valence-corrected chi connectivity index (χ4v) is 2.29. The maximum Gasteiger partial charge on any atom is 0.0837 e. The molecule has 1 N–H and O–H groups in total. The lowest BCUT2D eigenvalue weighted by atomic mass is 10.1. The van der Waals surface area contributed by atoms with E-state index in [1.807, 2.05) is 23.9 Å². The molecule has 0 saturated heterocycles. The van der Waals surface area contributed by atoms with Crippen molar-refractivity contribution in [3.05, 3.63) is 47.0 Å². The standard InChI is InChI=1S/C13H17ClN4/c1-9(2)18-13(11(14)8-17-18)12(15-3)10-4-6-16-7-5-10/h4-9,12,15H,1-3H3. The summed E-state index contributed by atoms with van der Waals surface area (Å²) in [5.74, 6) is 0.